The van der Waals surface area contributed by atoms with Crippen LogP contribution in [0.5, 0.6) is 0 Å². The molecule has 0 aromatic carbocycles. The number of fused-ring (bicyclic) bond motifs is 1. The molecule has 1 atom stereocenters. The van der Waals surface area contributed by atoms with E-state index in [1.807, 2.05) is 6.07 Å². The van der Waals surface area contributed by atoms with Gasteiger partial charge in [-0.1, -0.05) is 6.07 Å². The van der Waals surface area contributed by atoms with Crippen molar-refractivity contribution >= 4 is 29.7 Å². The quantitative estimate of drug-likeness (QED) is 0.641. The second kappa shape index (κ2) is 3.99. The molecule has 2 aliphatic heterocycles. The minimum atomic E-state index is -1.07. The van der Waals surface area contributed by atoms with Crippen LogP contribution in [0.25, 0.3) is 6.08 Å². The zero-order valence-corrected chi connectivity index (χ0v) is 9.92. The fraction of sp³-hybridized carbons (Fsp3) is 0.0833. The third-order valence-electron chi connectivity index (χ3n) is 2.76. The van der Waals surface area contributed by atoms with Gasteiger partial charge >= 0.3 is 5.97 Å². The number of hydrogen-bond donors (Lipinski definition) is 1. The van der Waals surface area contributed by atoms with E-state index in [2.05, 4.69) is 4.98 Å². The van der Waals surface area contributed by atoms with E-state index in [4.69, 9.17) is 5.11 Å². The maximum Gasteiger partial charge on any atom is 0.353 e. The fourth-order valence-electron chi connectivity index (χ4n) is 1.91. The van der Waals surface area contributed by atoms with E-state index in [1.54, 1.807) is 24.5 Å². The fourth-order valence-corrected chi connectivity index (χ4v) is 3.03. The van der Waals surface area contributed by atoms with Crippen molar-refractivity contribution in [2.45, 2.75) is 5.37 Å². The Morgan fingerprint density at radius 2 is 2.39 bits per heavy atom. The Labute approximate surface area is 107 Å². The summed E-state index contributed by atoms with van der Waals surface area (Å²) in [5.74, 6) is -1.32. The number of carboxylic acids is 1. The minimum Gasteiger partial charge on any atom is -0.477 e. The molecule has 0 radical (unpaired) electrons. The molecule has 5 nitrogen and oxygen atoms in total. The number of nitrogens with zero attached hydrogens (tertiary/aromatic N) is 2. The Kier molecular flexibility index (Phi) is 2.45. The SMILES string of the molecule is O=C(O)C1=CSC2/C(=C\c3cccnc3)C(=O)N12. The van der Waals surface area contributed by atoms with Gasteiger partial charge in [0.1, 0.15) is 11.1 Å². The molecule has 0 aliphatic carbocycles. The average Bonchev–Trinajstić information content (AvgIpc) is 2.77. The molecule has 3 rings (SSSR count). The number of carboxylic acid groups (broad SMARTS) is 1. The van der Waals surface area contributed by atoms with E-state index in [0.29, 0.717) is 5.57 Å². The highest BCUT2D eigenvalue weighted by atomic mass is 32.2. The first-order chi connectivity index (χ1) is 8.68. The Balaban J connectivity index is 1.87. The summed E-state index contributed by atoms with van der Waals surface area (Å²) in [4.78, 5) is 28.0. The van der Waals surface area contributed by atoms with Crippen molar-refractivity contribution in [1.29, 1.82) is 0 Å². The van der Waals surface area contributed by atoms with Gasteiger partial charge in [0.15, 0.2) is 0 Å². The number of thioether (sulfide) groups is 1. The van der Waals surface area contributed by atoms with Crippen LogP contribution in [0.1, 0.15) is 5.56 Å². The summed E-state index contributed by atoms with van der Waals surface area (Å²) < 4.78 is 0. The van der Waals surface area contributed by atoms with Crippen LogP contribution in [-0.2, 0) is 9.59 Å². The summed E-state index contributed by atoms with van der Waals surface area (Å²) in [7, 11) is 0. The molecule has 0 spiro atoms. The molecule has 90 valence electrons. The minimum absolute atomic E-state index is 0.0540. The highest BCUT2D eigenvalue weighted by molar-refractivity contribution is 8.03. The molecule has 1 fully saturated rings. The Bertz CT molecular complexity index is 595. The van der Waals surface area contributed by atoms with E-state index in [-0.39, 0.29) is 17.0 Å². The van der Waals surface area contributed by atoms with Crippen molar-refractivity contribution in [3.8, 4) is 0 Å². The number of β-lactam (4-membered cyclic amide) rings is 1. The van der Waals surface area contributed by atoms with E-state index in [1.165, 1.54) is 22.1 Å². The number of amides is 1. The van der Waals surface area contributed by atoms with Gasteiger partial charge in [-0.15, -0.1) is 11.8 Å². The molecule has 1 saturated heterocycles. The van der Waals surface area contributed by atoms with Gasteiger partial charge in [-0.25, -0.2) is 4.79 Å². The number of aliphatic carboxylic acids is 1. The third kappa shape index (κ3) is 1.53. The summed E-state index contributed by atoms with van der Waals surface area (Å²) in [5, 5.41) is 10.2. The molecule has 6 heteroatoms. The van der Waals surface area contributed by atoms with Gasteiger partial charge in [0, 0.05) is 17.8 Å². The molecule has 3 heterocycles. The van der Waals surface area contributed by atoms with Crippen LogP contribution in [-0.4, -0.2) is 32.2 Å². The van der Waals surface area contributed by atoms with Crippen LogP contribution >= 0.6 is 11.8 Å². The highest BCUT2D eigenvalue weighted by Crippen LogP contribution is 2.44. The molecule has 1 N–H and O–H groups in total. The lowest BCUT2D eigenvalue weighted by atomic mass is 10.0. The lowest BCUT2D eigenvalue weighted by molar-refractivity contribution is -0.141. The summed E-state index contributed by atoms with van der Waals surface area (Å²) in [5.41, 5.74) is 1.50. The number of rotatable bonds is 2. The van der Waals surface area contributed by atoms with Gasteiger partial charge in [-0.05, 0) is 17.7 Å². The van der Waals surface area contributed by atoms with E-state index < -0.39 is 5.97 Å². The topological polar surface area (TPSA) is 70.5 Å². The molecular weight excluding hydrogens is 252 g/mol. The van der Waals surface area contributed by atoms with Crippen molar-refractivity contribution in [3.63, 3.8) is 0 Å². The Hall–Kier alpha value is -2.08. The van der Waals surface area contributed by atoms with Gasteiger partial charge < -0.3 is 5.11 Å². The first kappa shape index (κ1) is 11.0. The van der Waals surface area contributed by atoms with Gasteiger partial charge in [-0.2, -0.15) is 0 Å². The smallest absolute Gasteiger partial charge is 0.353 e. The average molecular weight is 260 g/mol. The molecule has 1 aromatic heterocycles. The number of carbonyl (C=O) groups excluding carboxylic acids is 1. The van der Waals surface area contributed by atoms with Crippen LogP contribution in [0, 0.1) is 0 Å². The number of aromatic nitrogens is 1. The van der Waals surface area contributed by atoms with Crippen LogP contribution < -0.4 is 0 Å². The maximum absolute atomic E-state index is 11.9. The van der Waals surface area contributed by atoms with E-state index in [9.17, 15) is 9.59 Å². The third-order valence-corrected chi connectivity index (χ3v) is 3.84. The number of hydrogen-bond acceptors (Lipinski definition) is 4. The highest BCUT2D eigenvalue weighted by Gasteiger charge is 2.49. The van der Waals surface area contributed by atoms with Crippen LogP contribution in [0.3, 0.4) is 0 Å². The van der Waals surface area contributed by atoms with Crippen molar-refractivity contribution in [3.05, 3.63) is 46.8 Å². The number of pyridine rings is 1. The largest absolute Gasteiger partial charge is 0.477 e. The molecule has 2 aliphatic rings. The summed E-state index contributed by atoms with van der Waals surface area (Å²) in [6, 6.07) is 3.64. The molecule has 1 aromatic rings. The van der Waals surface area contributed by atoms with Crippen LogP contribution in [0.2, 0.25) is 0 Å². The maximum atomic E-state index is 11.9. The molecule has 0 saturated carbocycles. The normalized spacial score (nSPS) is 23.7. The van der Waals surface area contributed by atoms with Gasteiger partial charge in [-0.3, -0.25) is 14.7 Å². The van der Waals surface area contributed by atoms with Crippen LogP contribution in [0.4, 0.5) is 0 Å². The number of carbonyl (C=O) groups is 2. The second-order valence-electron chi connectivity index (χ2n) is 3.86. The van der Waals surface area contributed by atoms with E-state index >= 15 is 0 Å². The van der Waals surface area contributed by atoms with Crippen molar-refractivity contribution in [1.82, 2.24) is 9.88 Å². The predicted octanol–water partition coefficient (Wildman–Crippen LogP) is 1.31. The van der Waals surface area contributed by atoms with Gasteiger partial charge in [0.25, 0.3) is 5.91 Å². The van der Waals surface area contributed by atoms with Crippen LogP contribution in [0.15, 0.2) is 41.2 Å². The molecule has 1 amide bonds. The molecular formula is C12H8N2O3S. The summed E-state index contributed by atoms with van der Waals surface area (Å²) >= 11 is 1.33. The van der Waals surface area contributed by atoms with Crippen molar-refractivity contribution in [2.24, 2.45) is 0 Å². The Morgan fingerprint density at radius 1 is 1.56 bits per heavy atom. The second-order valence-corrected chi connectivity index (χ2v) is 4.81. The first-order valence-electron chi connectivity index (χ1n) is 5.22. The lowest BCUT2D eigenvalue weighted by Gasteiger charge is -2.37. The van der Waals surface area contributed by atoms with Crippen molar-refractivity contribution in [2.75, 3.05) is 0 Å². The molecule has 1 unspecified atom stereocenters. The van der Waals surface area contributed by atoms with Crippen molar-refractivity contribution < 1.29 is 14.7 Å². The standard InChI is InChI=1S/C12H8N2O3S/c15-10-8(4-7-2-1-3-13-5-7)11-14(10)9(6-18-11)12(16)17/h1-6,11H,(H,16,17)/b8-4-. The predicted molar refractivity (Wildman–Crippen MR) is 66.2 cm³/mol. The summed E-state index contributed by atoms with van der Waals surface area (Å²) in [6.45, 7) is 0. The summed E-state index contributed by atoms with van der Waals surface area (Å²) in [6.07, 6.45) is 5.07. The molecule has 18 heavy (non-hydrogen) atoms. The first-order valence-corrected chi connectivity index (χ1v) is 6.17. The monoisotopic (exact) mass is 260 g/mol. The van der Waals surface area contributed by atoms with Gasteiger partial charge in [0.05, 0.1) is 5.57 Å². The van der Waals surface area contributed by atoms with E-state index in [0.717, 1.165) is 5.56 Å². The zero-order valence-electron chi connectivity index (χ0n) is 9.11. The molecule has 0 bridgehead atoms. The Morgan fingerprint density at radius 3 is 3.06 bits per heavy atom. The van der Waals surface area contributed by atoms with Gasteiger partial charge in [0.2, 0.25) is 0 Å². The zero-order chi connectivity index (χ0) is 12.7. The lowest BCUT2D eigenvalue weighted by Crippen LogP contribution is -2.51.